The fourth-order valence-electron chi connectivity index (χ4n) is 2.54. The van der Waals surface area contributed by atoms with Gasteiger partial charge in [0, 0.05) is 17.2 Å². The lowest BCUT2D eigenvalue weighted by atomic mass is 10.1. The van der Waals surface area contributed by atoms with E-state index < -0.39 is 22.3 Å². The molecule has 8 heteroatoms. The van der Waals surface area contributed by atoms with E-state index in [9.17, 15) is 20.0 Å². The highest BCUT2D eigenvalue weighted by atomic mass is 16.6. The van der Waals surface area contributed by atoms with Crippen LogP contribution in [0, 0.1) is 10.1 Å². The molecule has 0 fully saturated rings. The number of fused-ring (bicyclic) bond motifs is 1. The molecule has 2 N–H and O–H groups in total. The number of methoxy groups -OCH3 is 1. The topological polar surface area (TPSA) is 114 Å². The number of nitro groups is 1. The molecule has 0 radical (unpaired) electrons. The van der Waals surface area contributed by atoms with E-state index >= 15 is 0 Å². The van der Waals surface area contributed by atoms with Crippen LogP contribution in [0.25, 0.3) is 10.8 Å². The molecule has 0 spiro atoms. The van der Waals surface area contributed by atoms with Gasteiger partial charge in [-0.05, 0) is 29.0 Å². The number of ether oxygens (including phenoxy) is 1. The van der Waals surface area contributed by atoms with Crippen molar-refractivity contribution in [3.05, 3.63) is 75.8 Å². The van der Waals surface area contributed by atoms with E-state index in [-0.39, 0.29) is 11.3 Å². The third-order valence-electron chi connectivity index (χ3n) is 3.89. The second-order valence-electron chi connectivity index (χ2n) is 5.61. The fraction of sp³-hybridized carbons (Fsp3) is 0.0526. The number of rotatable bonds is 5. The number of nitrogens with one attached hydrogen (secondary N) is 1. The van der Waals surface area contributed by atoms with Crippen molar-refractivity contribution in [2.75, 3.05) is 7.11 Å². The van der Waals surface area contributed by atoms with Gasteiger partial charge in [-0.15, -0.1) is 0 Å². The smallest absolute Gasteiger partial charge is 0.315 e. The standard InChI is InChI=1S/C19H15N3O5/c1-27-17-9-12(8-16(18(17)23)22(25)26)11-20-21-19(24)15-7-6-13-4-2-3-5-14(13)10-15/h2-11,23H,1H3,(H,21,24)/b20-11-. The number of benzene rings is 3. The van der Waals surface area contributed by atoms with Crippen LogP contribution in [-0.4, -0.2) is 29.3 Å². The van der Waals surface area contributed by atoms with Crippen molar-refractivity contribution in [2.45, 2.75) is 0 Å². The van der Waals surface area contributed by atoms with E-state index in [1.54, 1.807) is 12.1 Å². The van der Waals surface area contributed by atoms with Gasteiger partial charge in [-0.3, -0.25) is 14.9 Å². The predicted molar refractivity (Wildman–Crippen MR) is 100 cm³/mol. The number of hydrazone groups is 1. The summed E-state index contributed by atoms with van der Waals surface area (Å²) in [5.41, 5.74) is 2.57. The maximum atomic E-state index is 12.2. The number of amides is 1. The molecule has 1 amide bonds. The van der Waals surface area contributed by atoms with Gasteiger partial charge in [-0.1, -0.05) is 30.3 Å². The van der Waals surface area contributed by atoms with Gasteiger partial charge in [0.25, 0.3) is 5.91 Å². The molecule has 27 heavy (non-hydrogen) atoms. The number of nitrogens with zero attached hydrogens (tertiary/aromatic N) is 2. The van der Waals surface area contributed by atoms with E-state index in [2.05, 4.69) is 10.5 Å². The lowest BCUT2D eigenvalue weighted by Crippen LogP contribution is -2.17. The van der Waals surface area contributed by atoms with Crippen LogP contribution >= 0.6 is 0 Å². The molecule has 0 heterocycles. The van der Waals surface area contributed by atoms with Gasteiger partial charge in [-0.25, -0.2) is 5.43 Å². The van der Waals surface area contributed by atoms with Gasteiger partial charge < -0.3 is 9.84 Å². The Morgan fingerprint density at radius 2 is 1.93 bits per heavy atom. The lowest BCUT2D eigenvalue weighted by Gasteiger charge is -2.05. The Morgan fingerprint density at radius 3 is 2.63 bits per heavy atom. The number of phenolic OH excluding ortho intramolecular Hbond substituents is 1. The largest absolute Gasteiger partial charge is 0.500 e. The molecular formula is C19H15N3O5. The minimum atomic E-state index is -0.733. The van der Waals surface area contributed by atoms with Gasteiger partial charge in [0.05, 0.1) is 18.2 Å². The summed E-state index contributed by atoms with van der Waals surface area (Å²) in [6, 6.07) is 15.4. The van der Waals surface area contributed by atoms with Crippen molar-refractivity contribution in [2.24, 2.45) is 5.10 Å². The molecule has 0 aliphatic rings. The SMILES string of the molecule is COc1cc(/C=N\NC(=O)c2ccc3ccccc3c2)cc([N+](=O)[O-])c1O. The Balaban J connectivity index is 1.79. The van der Waals surface area contributed by atoms with Crippen LogP contribution in [0.5, 0.6) is 11.5 Å². The Morgan fingerprint density at radius 1 is 1.19 bits per heavy atom. The molecule has 0 bridgehead atoms. The number of hydrogen-bond acceptors (Lipinski definition) is 6. The van der Waals surface area contributed by atoms with E-state index in [1.807, 2.05) is 30.3 Å². The van der Waals surface area contributed by atoms with Crippen LogP contribution in [0.2, 0.25) is 0 Å². The Kier molecular flexibility index (Phi) is 4.98. The highest BCUT2D eigenvalue weighted by Gasteiger charge is 2.19. The zero-order chi connectivity index (χ0) is 19.4. The van der Waals surface area contributed by atoms with Gasteiger partial charge in [0.2, 0.25) is 5.75 Å². The average Bonchev–Trinajstić information content (AvgIpc) is 2.68. The second kappa shape index (κ2) is 7.52. The molecule has 0 unspecified atom stereocenters. The van der Waals surface area contributed by atoms with Crippen LogP contribution in [0.4, 0.5) is 5.69 Å². The maximum absolute atomic E-state index is 12.2. The Hall–Kier alpha value is -3.94. The number of phenols is 1. The first-order chi connectivity index (χ1) is 13.0. The van der Waals surface area contributed by atoms with Gasteiger partial charge >= 0.3 is 5.69 Å². The first-order valence-corrected chi connectivity index (χ1v) is 7.87. The summed E-state index contributed by atoms with van der Waals surface area (Å²) >= 11 is 0. The van der Waals surface area contributed by atoms with Gasteiger partial charge in [-0.2, -0.15) is 5.10 Å². The molecule has 0 saturated carbocycles. The normalized spacial score (nSPS) is 10.9. The summed E-state index contributed by atoms with van der Waals surface area (Å²) < 4.78 is 4.91. The van der Waals surface area contributed by atoms with E-state index in [1.165, 1.54) is 19.4 Å². The molecule has 3 aromatic rings. The molecule has 0 aliphatic carbocycles. The average molecular weight is 365 g/mol. The fourth-order valence-corrected chi connectivity index (χ4v) is 2.54. The first-order valence-electron chi connectivity index (χ1n) is 7.87. The molecule has 0 aliphatic heterocycles. The number of carbonyl (C=O) groups excluding carboxylic acids is 1. The number of hydrogen-bond donors (Lipinski definition) is 2. The summed E-state index contributed by atoms with van der Waals surface area (Å²) in [6.45, 7) is 0. The Bertz CT molecular complexity index is 1060. The monoisotopic (exact) mass is 365 g/mol. The summed E-state index contributed by atoms with van der Waals surface area (Å²) in [5.74, 6) is -1.05. The summed E-state index contributed by atoms with van der Waals surface area (Å²) in [4.78, 5) is 22.5. The first kappa shape index (κ1) is 17.9. The van der Waals surface area contributed by atoms with Crippen LogP contribution in [0.1, 0.15) is 15.9 Å². The quantitative estimate of drug-likeness (QED) is 0.409. The Labute approximate surface area is 153 Å². The zero-order valence-electron chi connectivity index (χ0n) is 14.2. The molecule has 8 nitrogen and oxygen atoms in total. The summed E-state index contributed by atoms with van der Waals surface area (Å²) in [5, 5.41) is 26.5. The molecule has 0 saturated heterocycles. The van der Waals surface area contributed by atoms with E-state index in [0.29, 0.717) is 5.56 Å². The number of aromatic hydroxyl groups is 1. The summed E-state index contributed by atoms with van der Waals surface area (Å²) in [7, 11) is 1.28. The van der Waals surface area contributed by atoms with E-state index in [4.69, 9.17) is 4.74 Å². The van der Waals surface area contributed by atoms with Crippen molar-refractivity contribution in [1.29, 1.82) is 0 Å². The number of nitro benzene ring substituents is 1. The van der Waals surface area contributed by atoms with Crippen molar-refractivity contribution in [3.63, 3.8) is 0 Å². The summed E-state index contributed by atoms with van der Waals surface area (Å²) in [6.07, 6.45) is 1.23. The third kappa shape index (κ3) is 3.84. The molecule has 0 atom stereocenters. The highest BCUT2D eigenvalue weighted by molar-refractivity contribution is 5.99. The van der Waals surface area contributed by atoms with Crippen LogP contribution < -0.4 is 10.2 Å². The molecular weight excluding hydrogens is 350 g/mol. The second-order valence-corrected chi connectivity index (χ2v) is 5.61. The minimum Gasteiger partial charge on any atom is -0.500 e. The van der Waals surface area contributed by atoms with E-state index in [0.717, 1.165) is 16.8 Å². The zero-order valence-corrected chi connectivity index (χ0v) is 14.2. The predicted octanol–water partition coefficient (Wildman–Crippen LogP) is 3.23. The molecule has 3 rings (SSSR count). The van der Waals surface area contributed by atoms with Crippen molar-refractivity contribution in [3.8, 4) is 11.5 Å². The molecule has 3 aromatic carbocycles. The van der Waals surface area contributed by atoms with Crippen LogP contribution in [0.15, 0.2) is 59.7 Å². The van der Waals surface area contributed by atoms with Crippen LogP contribution in [0.3, 0.4) is 0 Å². The van der Waals surface area contributed by atoms with Gasteiger partial charge in [0.1, 0.15) is 0 Å². The molecule has 0 aromatic heterocycles. The van der Waals surface area contributed by atoms with Crippen LogP contribution in [-0.2, 0) is 0 Å². The minimum absolute atomic E-state index is 0.0634. The third-order valence-corrected chi connectivity index (χ3v) is 3.89. The number of carbonyl (C=O) groups is 1. The van der Waals surface area contributed by atoms with Gasteiger partial charge in [0.15, 0.2) is 5.75 Å². The van der Waals surface area contributed by atoms with Crippen molar-refractivity contribution >= 4 is 28.6 Å². The highest BCUT2D eigenvalue weighted by Crippen LogP contribution is 2.36. The van der Waals surface area contributed by atoms with Crippen molar-refractivity contribution < 1.29 is 19.6 Å². The maximum Gasteiger partial charge on any atom is 0.315 e. The molecule has 136 valence electrons. The lowest BCUT2D eigenvalue weighted by molar-refractivity contribution is -0.386. The van der Waals surface area contributed by atoms with Crippen molar-refractivity contribution in [1.82, 2.24) is 5.43 Å².